The fourth-order valence-corrected chi connectivity index (χ4v) is 7.47. The standard InChI is InChI=1S/C15H27FS2.C8H8F2/c1-2-3-12-4-6-13(7-5-12)14-10-17-15(8-9-16)18-11-14;1-2-6-3-4-7(9)5-8(6)10/h12-15H,2-11H2,1H3;3-5H,2H2,1H3. The molecule has 3 rings (SSSR count). The largest absolute Gasteiger partial charge is 0.251 e. The van der Waals surface area contributed by atoms with Crippen molar-refractivity contribution >= 4 is 23.5 Å². The van der Waals surface area contributed by atoms with Crippen LogP contribution in [0.5, 0.6) is 0 Å². The van der Waals surface area contributed by atoms with Gasteiger partial charge in [-0.15, -0.1) is 23.5 Å². The Kier molecular flexibility index (Phi) is 11.2. The summed E-state index contributed by atoms with van der Waals surface area (Å²) in [5.74, 6) is 4.52. The molecule has 1 aromatic carbocycles. The second-order valence-electron chi connectivity index (χ2n) is 7.99. The molecule has 0 unspecified atom stereocenters. The van der Waals surface area contributed by atoms with E-state index in [1.807, 2.05) is 30.4 Å². The number of aryl methyl sites for hydroxylation is 1. The lowest BCUT2D eigenvalue weighted by atomic mass is 9.75. The van der Waals surface area contributed by atoms with Gasteiger partial charge in [-0.3, -0.25) is 4.39 Å². The quantitative estimate of drug-likeness (QED) is 0.448. The molecule has 2 aliphatic rings. The van der Waals surface area contributed by atoms with Gasteiger partial charge < -0.3 is 0 Å². The van der Waals surface area contributed by atoms with Crippen LogP contribution in [0.1, 0.15) is 64.4 Å². The number of thioether (sulfide) groups is 2. The van der Waals surface area contributed by atoms with Gasteiger partial charge in [-0.25, -0.2) is 8.78 Å². The predicted octanol–water partition coefficient (Wildman–Crippen LogP) is 7.90. The van der Waals surface area contributed by atoms with Crippen molar-refractivity contribution in [3.05, 3.63) is 35.4 Å². The van der Waals surface area contributed by atoms with Gasteiger partial charge >= 0.3 is 0 Å². The maximum Gasteiger partial charge on any atom is 0.129 e. The fraction of sp³-hybridized carbons (Fsp3) is 0.739. The van der Waals surface area contributed by atoms with Crippen LogP contribution in [0, 0.1) is 29.4 Å². The first-order valence-corrected chi connectivity index (χ1v) is 12.9. The highest BCUT2D eigenvalue weighted by atomic mass is 32.2. The van der Waals surface area contributed by atoms with E-state index in [0.717, 1.165) is 30.2 Å². The molecule has 0 radical (unpaired) electrons. The molecule has 0 bridgehead atoms. The number of benzene rings is 1. The average molecular weight is 433 g/mol. The maximum absolute atomic E-state index is 12.6. The molecule has 0 atom stereocenters. The first-order valence-electron chi connectivity index (χ1n) is 10.8. The summed E-state index contributed by atoms with van der Waals surface area (Å²) in [6.07, 6.45) is 10.0. The molecule has 5 heteroatoms. The zero-order chi connectivity index (χ0) is 20.4. The van der Waals surface area contributed by atoms with E-state index in [9.17, 15) is 13.2 Å². The van der Waals surface area contributed by atoms with Crippen molar-refractivity contribution in [2.24, 2.45) is 17.8 Å². The van der Waals surface area contributed by atoms with E-state index in [0.29, 0.717) is 16.6 Å². The summed E-state index contributed by atoms with van der Waals surface area (Å²) >= 11 is 4.05. The van der Waals surface area contributed by atoms with Gasteiger partial charge in [0.1, 0.15) is 11.6 Å². The fourth-order valence-electron chi connectivity index (χ4n) is 4.25. The number of hydrogen-bond acceptors (Lipinski definition) is 2. The van der Waals surface area contributed by atoms with Gasteiger partial charge in [-0.2, -0.15) is 0 Å². The number of alkyl halides is 1. The maximum atomic E-state index is 12.6. The molecule has 160 valence electrons. The molecule has 0 amide bonds. The average Bonchev–Trinajstić information content (AvgIpc) is 2.70. The second kappa shape index (κ2) is 13.1. The molecule has 0 nitrogen and oxygen atoms in total. The zero-order valence-corrected chi connectivity index (χ0v) is 18.9. The lowest BCUT2D eigenvalue weighted by Gasteiger charge is -2.37. The summed E-state index contributed by atoms with van der Waals surface area (Å²) in [5.41, 5.74) is 0.557. The Labute approximate surface area is 177 Å². The van der Waals surface area contributed by atoms with Crippen LogP contribution in [0.15, 0.2) is 18.2 Å². The Hall–Kier alpha value is -0.290. The molecule has 0 spiro atoms. The lowest BCUT2D eigenvalue weighted by Crippen LogP contribution is -2.28. The normalized spacial score (nSPS) is 27.8. The van der Waals surface area contributed by atoms with Crippen LogP contribution in [0.3, 0.4) is 0 Å². The Balaban J connectivity index is 0.000000237. The third-order valence-electron chi connectivity index (χ3n) is 5.99. The SMILES string of the molecule is CCCC1CCC(C2CSC(CCF)SC2)CC1.CCc1ccc(F)cc1F. The summed E-state index contributed by atoms with van der Waals surface area (Å²) in [6, 6.07) is 3.63. The molecule has 0 aromatic heterocycles. The van der Waals surface area contributed by atoms with Crippen LogP contribution in [-0.2, 0) is 6.42 Å². The van der Waals surface area contributed by atoms with Gasteiger partial charge in [0.2, 0.25) is 0 Å². The van der Waals surface area contributed by atoms with E-state index in [-0.39, 0.29) is 6.67 Å². The number of halogens is 3. The molecule has 1 saturated carbocycles. The van der Waals surface area contributed by atoms with E-state index in [4.69, 9.17) is 0 Å². The molecule has 1 aliphatic carbocycles. The molecule has 1 heterocycles. The Morgan fingerprint density at radius 1 is 0.929 bits per heavy atom. The van der Waals surface area contributed by atoms with Crippen molar-refractivity contribution in [2.45, 2.75) is 69.8 Å². The minimum Gasteiger partial charge on any atom is -0.251 e. The highest BCUT2D eigenvalue weighted by molar-refractivity contribution is 8.17. The minimum absolute atomic E-state index is 0.141. The summed E-state index contributed by atoms with van der Waals surface area (Å²) in [5, 5.41) is 0. The molecular formula is C23H35F3S2. The highest BCUT2D eigenvalue weighted by Crippen LogP contribution is 2.43. The van der Waals surface area contributed by atoms with Gasteiger partial charge in [0.25, 0.3) is 0 Å². The molecule has 0 N–H and O–H groups in total. The van der Waals surface area contributed by atoms with Crippen molar-refractivity contribution < 1.29 is 13.2 Å². The van der Waals surface area contributed by atoms with E-state index in [1.165, 1.54) is 62.2 Å². The van der Waals surface area contributed by atoms with Crippen LogP contribution in [0.4, 0.5) is 13.2 Å². The van der Waals surface area contributed by atoms with Gasteiger partial charge in [-0.05, 0) is 66.6 Å². The van der Waals surface area contributed by atoms with Crippen LogP contribution in [0.2, 0.25) is 0 Å². The van der Waals surface area contributed by atoms with Crippen molar-refractivity contribution in [3.63, 3.8) is 0 Å². The Bertz CT molecular complexity index is 527. The number of rotatable bonds is 6. The van der Waals surface area contributed by atoms with E-state index in [2.05, 4.69) is 6.92 Å². The van der Waals surface area contributed by atoms with Crippen LogP contribution >= 0.6 is 23.5 Å². The number of hydrogen-bond donors (Lipinski definition) is 0. The lowest BCUT2D eigenvalue weighted by molar-refractivity contribution is 0.220. The smallest absolute Gasteiger partial charge is 0.129 e. The van der Waals surface area contributed by atoms with E-state index >= 15 is 0 Å². The van der Waals surface area contributed by atoms with Gasteiger partial charge in [0, 0.05) is 6.07 Å². The summed E-state index contributed by atoms with van der Waals surface area (Å²) < 4.78 is 37.7. The minimum atomic E-state index is -0.519. The third kappa shape index (κ3) is 7.85. The van der Waals surface area contributed by atoms with Crippen molar-refractivity contribution in [3.8, 4) is 0 Å². The summed E-state index contributed by atoms with van der Waals surface area (Å²) in [7, 11) is 0. The first-order chi connectivity index (χ1) is 13.6. The van der Waals surface area contributed by atoms with Gasteiger partial charge in [-0.1, -0.05) is 45.6 Å². The predicted molar refractivity (Wildman–Crippen MR) is 119 cm³/mol. The van der Waals surface area contributed by atoms with Gasteiger partial charge in [0.05, 0.1) is 11.3 Å². The third-order valence-corrected chi connectivity index (χ3v) is 9.26. The van der Waals surface area contributed by atoms with Crippen molar-refractivity contribution in [1.29, 1.82) is 0 Å². The summed E-state index contributed by atoms with van der Waals surface area (Å²) in [6.45, 7) is 4.00. The summed E-state index contributed by atoms with van der Waals surface area (Å²) in [4.78, 5) is 0. The van der Waals surface area contributed by atoms with Crippen molar-refractivity contribution in [2.75, 3.05) is 18.2 Å². The Morgan fingerprint density at radius 3 is 2.14 bits per heavy atom. The van der Waals surface area contributed by atoms with E-state index < -0.39 is 11.6 Å². The second-order valence-corrected chi connectivity index (χ2v) is 10.8. The molecular weight excluding hydrogens is 397 g/mol. The van der Waals surface area contributed by atoms with E-state index in [1.54, 1.807) is 0 Å². The first kappa shape index (κ1) is 24.0. The van der Waals surface area contributed by atoms with Crippen LogP contribution in [0.25, 0.3) is 0 Å². The molecule has 1 aliphatic heterocycles. The molecule has 1 saturated heterocycles. The van der Waals surface area contributed by atoms with Crippen LogP contribution in [-0.4, -0.2) is 22.8 Å². The molecule has 2 fully saturated rings. The topological polar surface area (TPSA) is 0 Å². The molecule has 28 heavy (non-hydrogen) atoms. The van der Waals surface area contributed by atoms with Gasteiger partial charge in [0.15, 0.2) is 0 Å². The monoisotopic (exact) mass is 432 g/mol. The van der Waals surface area contributed by atoms with Crippen molar-refractivity contribution in [1.82, 2.24) is 0 Å². The molecule has 1 aromatic rings. The highest BCUT2D eigenvalue weighted by Gasteiger charge is 2.31. The van der Waals surface area contributed by atoms with Crippen LogP contribution < -0.4 is 0 Å². The zero-order valence-electron chi connectivity index (χ0n) is 17.3. The Morgan fingerprint density at radius 2 is 1.61 bits per heavy atom.